The van der Waals surface area contributed by atoms with E-state index < -0.39 is 10.8 Å². The van der Waals surface area contributed by atoms with Crippen molar-refractivity contribution in [1.29, 1.82) is 0 Å². The minimum absolute atomic E-state index is 0.0994. The number of hydrogen-bond donors (Lipinski definition) is 2. The summed E-state index contributed by atoms with van der Waals surface area (Å²) in [7, 11) is -0.581. The number of nitrogens with one attached hydrogen (secondary N) is 1. The second-order valence-electron chi connectivity index (χ2n) is 4.48. The number of rotatable bonds is 4. The summed E-state index contributed by atoms with van der Waals surface area (Å²) < 4.78 is 11.2. The van der Waals surface area contributed by atoms with Gasteiger partial charge >= 0.3 is 0 Å². The smallest absolute Gasteiger partial charge is 0.0681 e. The van der Waals surface area contributed by atoms with Crippen molar-refractivity contribution in [1.82, 2.24) is 5.32 Å². The molecule has 0 aliphatic carbocycles. The second kappa shape index (κ2) is 6.28. The molecule has 0 amide bonds. The Hall–Kier alpha value is -0.710. The molecule has 1 heterocycles. The van der Waals surface area contributed by atoms with Gasteiger partial charge in [0.05, 0.1) is 6.61 Å². The maximum absolute atomic E-state index is 11.2. The van der Waals surface area contributed by atoms with Gasteiger partial charge < -0.3 is 10.4 Å². The van der Waals surface area contributed by atoms with Crippen molar-refractivity contribution in [3.63, 3.8) is 0 Å². The summed E-state index contributed by atoms with van der Waals surface area (Å²) in [5, 5.41) is 12.4. The predicted molar refractivity (Wildman–Crippen MR) is 70.1 cm³/mol. The molecule has 0 radical (unpaired) electrons. The van der Waals surface area contributed by atoms with Gasteiger partial charge in [-0.1, -0.05) is 24.3 Å². The Labute approximate surface area is 105 Å². The van der Waals surface area contributed by atoms with E-state index in [1.807, 2.05) is 24.3 Å². The van der Waals surface area contributed by atoms with Gasteiger partial charge in [-0.2, -0.15) is 0 Å². The van der Waals surface area contributed by atoms with Gasteiger partial charge in [-0.05, 0) is 24.0 Å². The van der Waals surface area contributed by atoms with Crippen LogP contribution in [0.2, 0.25) is 0 Å². The molecule has 0 aromatic heterocycles. The van der Waals surface area contributed by atoms with Gasteiger partial charge in [0.1, 0.15) is 0 Å². The van der Waals surface area contributed by atoms with E-state index in [0.29, 0.717) is 6.04 Å². The van der Waals surface area contributed by atoms with Gasteiger partial charge in [-0.25, -0.2) is 0 Å². The van der Waals surface area contributed by atoms with Crippen molar-refractivity contribution in [3.05, 3.63) is 35.4 Å². The quantitative estimate of drug-likeness (QED) is 0.847. The average molecular weight is 253 g/mol. The molecule has 1 fully saturated rings. The number of aliphatic hydroxyl groups is 1. The SMILES string of the molecule is O=S1CCC(NCc2ccc(CO)cc2)CC1. The van der Waals surface area contributed by atoms with Crippen LogP contribution in [0.5, 0.6) is 0 Å². The molecule has 94 valence electrons. The molecule has 1 aliphatic heterocycles. The van der Waals surface area contributed by atoms with Crippen molar-refractivity contribution >= 4 is 10.8 Å². The van der Waals surface area contributed by atoms with Crippen molar-refractivity contribution in [2.75, 3.05) is 11.5 Å². The molecule has 1 aromatic rings. The zero-order chi connectivity index (χ0) is 12.1. The fraction of sp³-hybridized carbons (Fsp3) is 0.538. The van der Waals surface area contributed by atoms with E-state index in [-0.39, 0.29) is 6.61 Å². The molecule has 1 aliphatic rings. The zero-order valence-electron chi connectivity index (χ0n) is 9.89. The molecule has 0 saturated carbocycles. The van der Waals surface area contributed by atoms with Crippen LogP contribution < -0.4 is 5.32 Å². The van der Waals surface area contributed by atoms with Crippen LogP contribution in [-0.2, 0) is 24.0 Å². The standard InChI is InChI=1S/C13H19NO2S/c15-10-12-3-1-11(2-4-12)9-14-13-5-7-17(16)8-6-13/h1-4,13-15H,5-10H2. The maximum Gasteiger partial charge on any atom is 0.0681 e. The first-order valence-electron chi connectivity index (χ1n) is 6.05. The summed E-state index contributed by atoms with van der Waals surface area (Å²) in [4.78, 5) is 0. The molecule has 2 N–H and O–H groups in total. The first kappa shape index (κ1) is 12.7. The molecule has 2 rings (SSSR count). The van der Waals surface area contributed by atoms with Crippen molar-refractivity contribution < 1.29 is 9.32 Å². The monoisotopic (exact) mass is 253 g/mol. The van der Waals surface area contributed by atoms with E-state index in [1.54, 1.807) is 0 Å². The van der Waals surface area contributed by atoms with Crippen molar-refractivity contribution in [3.8, 4) is 0 Å². The molecule has 1 saturated heterocycles. The molecule has 3 nitrogen and oxygen atoms in total. The predicted octanol–water partition coefficient (Wildman–Crippen LogP) is 1.18. The Morgan fingerprint density at radius 2 is 1.76 bits per heavy atom. The Morgan fingerprint density at radius 3 is 2.35 bits per heavy atom. The van der Waals surface area contributed by atoms with Gasteiger partial charge in [0.15, 0.2) is 0 Å². The van der Waals surface area contributed by atoms with Crippen LogP contribution in [0.15, 0.2) is 24.3 Å². The number of hydrogen-bond acceptors (Lipinski definition) is 3. The molecule has 0 unspecified atom stereocenters. The Kier molecular flexibility index (Phi) is 4.71. The molecule has 4 heteroatoms. The van der Waals surface area contributed by atoms with Gasteiger partial charge in [0.2, 0.25) is 0 Å². The summed E-state index contributed by atoms with van der Waals surface area (Å²) in [5.74, 6) is 1.67. The lowest BCUT2D eigenvalue weighted by molar-refractivity contribution is 0.282. The van der Waals surface area contributed by atoms with Gasteiger partial charge in [0.25, 0.3) is 0 Å². The van der Waals surface area contributed by atoms with Crippen molar-refractivity contribution in [2.45, 2.75) is 32.0 Å². The van der Waals surface area contributed by atoms with Crippen LogP contribution in [0, 0.1) is 0 Å². The lowest BCUT2D eigenvalue weighted by Crippen LogP contribution is -2.35. The third kappa shape index (κ3) is 3.91. The largest absolute Gasteiger partial charge is 0.392 e. The molecule has 0 spiro atoms. The molecule has 1 aromatic carbocycles. The fourth-order valence-corrected chi connectivity index (χ4v) is 3.32. The summed E-state index contributed by atoms with van der Waals surface area (Å²) in [6, 6.07) is 8.49. The number of aliphatic hydroxyl groups excluding tert-OH is 1. The van der Waals surface area contributed by atoms with E-state index in [4.69, 9.17) is 5.11 Å². The highest BCUT2D eigenvalue weighted by Crippen LogP contribution is 2.10. The van der Waals surface area contributed by atoms with Crippen LogP contribution in [0.4, 0.5) is 0 Å². The van der Waals surface area contributed by atoms with E-state index in [0.717, 1.165) is 36.5 Å². The lowest BCUT2D eigenvalue weighted by Gasteiger charge is -2.22. The summed E-state index contributed by atoms with van der Waals surface area (Å²) in [5.41, 5.74) is 2.18. The maximum atomic E-state index is 11.2. The van der Waals surface area contributed by atoms with E-state index in [2.05, 4.69) is 5.32 Å². The molecule has 17 heavy (non-hydrogen) atoms. The van der Waals surface area contributed by atoms with E-state index in [1.165, 1.54) is 5.56 Å². The first-order chi connectivity index (χ1) is 8.28. The fourth-order valence-electron chi connectivity index (χ4n) is 2.02. The Bertz CT molecular complexity index is 368. The van der Waals surface area contributed by atoms with E-state index >= 15 is 0 Å². The topological polar surface area (TPSA) is 49.3 Å². The lowest BCUT2D eigenvalue weighted by atomic mass is 10.1. The third-order valence-electron chi connectivity index (χ3n) is 3.19. The highest BCUT2D eigenvalue weighted by Gasteiger charge is 2.16. The third-order valence-corrected chi connectivity index (χ3v) is 4.57. The first-order valence-corrected chi connectivity index (χ1v) is 7.54. The zero-order valence-corrected chi connectivity index (χ0v) is 10.7. The Morgan fingerprint density at radius 1 is 1.18 bits per heavy atom. The average Bonchev–Trinajstić information content (AvgIpc) is 2.39. The number of benzene rings is 1. The minimum Gasteiger partial charge on any atom is -0.392 e. The van der Waals surface area contributed by atoms with E-state index in [9.17, 15) is 4.21 Å². The van der Waals surface area contributed by atoms with Gasteiger partial charge in [-0.3, -0.25) is 4.21 Å². The molecular weight excluding hydrogens is 234 g/mol. The molecule has 0 bridgehead atoms. The summed E-state index contributed by atoms with van der Waals surface area (Å²) in [6.45, 7) is 0.950. The summed E-state index contributed by atoms with van der Waals surface area (Å²) >= 11 is 0. The highest BCUT2D eigenvalue weighted by molar-refractivity contribution is 7.85. The summed E-state index contributed by atoms with van der Waals surface area (Å²) in [6.07, 6.45) is 2.03. The van der Waals surface area contributed by atoms with Gasteiger partial charge in [-0.15, -0.1) is 0 Å². The van der Waals surface area contributed by atoms with Gasteiger partial charge in [0, 0.05) is 34.9 Å². The van der Waals surface area contributed by atoms with Crippen LogP contribution in [0.1, 0.15) is 24.0 Å². The second-order valence-corrected chi connectivity index (χ2v) is 6.17. The Balaban J connectivity index is 1.79. The normalized spacial score (nSPS) is 24.8. The van der Waals surface area contributed by atoms with Crippen LogP contribution >= 0.6 is 0 Å². The van der Waals surface area contributed by atoms with Crippen LogP contribution in [-0.4, -0.2) is 26.9 Å². The minimum atomic E-state index is -0.581. The highest BCUT2D eigenvalue weighted by atomic mass is 32.2. The van der Waals surface area contributed by atoms with Crippen LogP contribution in [0.25, 0.3) is 0 Å². The molecule has 0 atom stereocenters. The van der Waals surface area contributed by atoms with Crippen molar-refractivity contribution in [2.24, 2.45) is 0 Å². The molecular formula is C13H19NO2S. The van der Waals surface area contributed by atoms with Crippen LogP contribution in [0.3, 0.4) is 0 Å².